The molecule has 1 aromatic heterocycles. The van der Waals surface area contributed by atoms with Crippen molar-refractivity contribution in [3.8, 4) is 11.5 Å². The molecule has 0 bridgehead atoms. The zero-order chi connectivity index (χ0) is 30.0. The molecule has 222 valence electrons. The number of rotatable bonds is 12. The van der Waals surface area contributed by atoms with Crippen molar-refractivity contribution in [1.29, 1.82) is 0 Å². The van der Waals surface area contributed by atoms with Crippen molar-refractivity contribution in [2.45, 2.75) is 19.3 Å². The molecule has 0 amide bonds. The number of halogens is 2. The average Bonchev–Trinajstić information content (AvgIpc) is 3.02. The first kappa shape index (κ1) is 30.5. The van der Waals surface area contributed by atoms with Crippen LogP contribution in [0.4, 0.5) is 23.5 Å². The molecule has 4 aromatic rings. The normalized spacial score (nSPS) is 13.6. The Labute approximate surface area is 268 Å². The summed E-state index contributed by atoms with van der Waals surface area (Å²) in [5.74, 6) is 3.40. The summed E-state index contributed by atoms with van der Waals surface area (Å²) < 4.78 is 12.8. The van der Waals surface area contributed by atoms with Crippen LogP contribution in [0.1, 0.15) is 24.0 Å². The Balaban J connectivity index is 1.35. The number of hydrogen-bond acceptors (Lipinski definition) is 9. The number of piperidine rings is 1. The van der Waals surface area contributed by atoms with E-state index in [4.69, 9.17) is 19.4 Å². The first-order chi connectivity index (χ1) is 21.0. The second-order valence-electron chi connectivity index (χ2n) is 10.0. The maximum absolute atomic E-state index is 5.85. The van der Waals surface area contributed by atoms with Gasteiger partial charge in [-0.1, -0.05) is 58.9 Å². The van der Waals surface area contributed by atoms with Crippen LogP contribution in [0.3, 0.4) is 0 Å². The molecule has 0 saturated carbocycles. The SMILES string of the molecule is C=CCOc1c(Br)cc(Br)cc1/C=N\Nc1nc(Nc2ccc(OC)cc2)nc(N2CCC(Cc3ccccc3)CC2)n1. The third-order valence-corrected chi connectivity index (χ3v) is 8.03. The van der Waals surface area contributed by atoms with Crippen LogP contribution in [-0.2, 0) is 6.42 Å². The maximum atomic E-state index is 5.85. The molecule has 5 rings (SSSR count). The predicted molar refractivity (Wildman–Crippen MR) is 180 cm³/mol. The van der Waals surface area contributed by atoms with E-state index in [0.717, 1.165) is 58.3 Å². The highest BCUT2D eigenvalue weighted by atomic mass is 79.9. The van der Waals surface area contributed by atoms with Crippen LogP contribution < -0.4 is 25.1 Å². The highest BCUT2D eigenvalue weighted by Gasteiger charge is 2.22. The van der Waals surface area contributed by atoms with E-state index in [0.29, 0.717) is 36.1 Å². The Kier molecular flexibility index (Phi) is 10.6. The Morgan fingerprint density at radius 3 is 2.47 bits per heavy atom. The first-order valence-corrected chi connectivity index (χ1v) is 15.6. The minimum absolute atomic E-state index is 0.325. The number of aromatic nitrogens is 3. The average molecular weight is 707 g/mol. The zero-order valence-electron chi connectivity index (χ0n) is 23.8. The minimum Gasteiger partial charge on any atom is -0.497 e. The quantitative estimate of drug-likeness (QED) is 0.0883. The second kappa shape index (κ2) is 15.0. The molecule has 11 heteroatoms. The lowest BCUT2D eigenvalue weighted by atomic mass is 9.90. The van der Waals surface area contributed by atoms with Gasteiger partial charge >= 0.3 is 0 Å². The molecule has 0 aliphatic carbocycles. The van der Waals surface area contributed by atoms with Crippen molar-refractivity contribution in [3.05, 3.63) is 99.5 Å². The van der Waals surface area contributed by atoms with Gasteiger partial charge in [0, 0.05) is 28.8 Å². The summed E-state index contributed by atoms with van der Waals surface area (Å²) in [5.41, 5.74) is 5.97. The maximum Gasteiger partial charge on any atom is 0.250 e. The van der Waals surface area contributed by atoms with Gasteiger partial charge in [-0.15, -0.1) is 0 Å². The minimum atomic E-state index is 0.325. The van der Waals surface area contributed by atoms with Crippen LogP contribution in [0.15, 0.2) is 93.4 Å². The largest absolute Gasteiger partial charge is 0.497 e. The van der Waals surface area contributed by atoms with E-state index in [2.05, 4.69) is 94.5 Å². The number of nitrogens with zero attached hydrogens (tertiary/aromatic N) is 5. The molecule has 1 fully saturated rings. The van der Waals surface area contributed by atoms with Crippen molar-refractivity contribution in [1.82, 2.24) is 15.0 Å². The lowest BCUT2D eigenvalue weighted by molar-refractivity contribution is 0.360. The molecule has 0 atom stereocenters. The molecular weight excluding hydrogens is 674 g/mol. The molecule has 0 unspecified atom stereocenters. The summed E-state index contributed by atoms with van der Waals surface area (Å²) in [7, 11) is 1.64. The molecule has 9 nitrogen and oxygen atoms in total. The van der Waals surface area contributed by atoms with Crippen molar-refractivity contribution in [2.24, 2.45) is 11.0 Å². The van der Waals surface area contributed by atoms with Gasteiger partial charge in [0.2, 0.25) is 17.8 Å². The molecule has 1 saturated heterocycles. The van der Waals surface area contributed by atoms with Gasteiger partial charge in [0.1, 0.15) is 18.1 Å². The van der Waals surface area contributed by atoms with Gasteiger partial charge in [0.25, 0.3) is 0 Å². The molecule has 1 aliphatic rings. The zero-order valence-corrected chi connectivity index (χ0v) is 27.0. The summed E-state index contributed by atoms with van der Waals surface area (Å²) in [6, 6.07) is 22.1. The van der Waals surface area contributed by atoms with Gasteiger partial charge in [-0.3, -0.25) is 0 Å². The number of methoxy groups -OCH3 is 1. The first-order valence-electron chi connectivity index (χ1n) is 14.0. The molecule has 0 spiro atoms. The lowest BCUT2D eigenvalue weighted by Crippen LogP contribution is -2.35. The number of nitrogens with one attached hydrogen (secondary N) is 2. The number of benzene rings is 3. The predicted octanol–water partition coefficient (Wildman–Crippen LogP) is 7.62. The van der Waals surface area contributed by atoms with Crippen LogP contribution in [0, 0.1) is 5.92 Å². The fourth-order valence-corrected chi connectivity index (χ4v) is 6.20. The molecule has 43 heavy (non-hydrogen) atoms. The standard InChI is InChI=1S/C32H33Br2N7O2/c1-3-17-43-29-24(19-25(33)20-28(29)34)21-35-40-31-37-30(36-26-9-11-27(42-2)12-10-26)38-32(39-31)41-15-13-23(14-16-41)18-22-7-5-4-6-8-22/h3-12,19-21,23H,1,13-18H2,2H3,(H2,36,37,38,39,40)/b35-21-. The van der Waals surface area contributed by atoms with E-state index in [-0.39, 0.29) is 0 Å². The van der Waals surface area contributed by atoms with Crippen LogP contribution in [0.25, 0.3) is 0 Å². The van der Waals surface area contributed by atoms with Crippen molar-refractivity contribution in [2.75, 3.05) is 42.4 Å². The van der Waals surface area contributed by atoms with Crippen LogP contribution in [0.2, 0.25) is 0 Å². The Morgan fingerprint density at radius 1 is 1.00 bits per heavy atom. The summed E-state index contributed by atoms with van der Waals surface area (Å²) in [4.78, 5) is 16.3. The number of hydrazone groups is 1. The van der Waals surface area contributed by atoms with Crippen molar-refractivity contribution < 1.29 is 9.47 Å². The fraction of sp³-hybridized carbons (Fsp3) is 0.250. The van der Waals surface area contributed by atoms with Crippen LogP contribution >= 0.6 is 31.9 Å². The fourth-order valence-electron chi connectivity index (χ4n) is 4.83. The molecule has 3 aromatic carbocycles. The molecule has 2 heterocycles. The molecule has 1 aliphatic heterocycles. The van der Waals surface area contributed by atoms with E-state index in [1.165, 1.54) is 5.56 Å². The summed E-state index contributed by atoms with van der Waals surface area (Å²) in [5, 5.41) is 7.73. The van der Waals surface area contributed by atoms with E-state index < -0.39 is 0 Å². The topological polar surface area (TPSA) is 96.8 Å². The molecule has 2 N–H and O–H groups in total. The van der Waals surface area contributed by atoms with E-state index in [1.807, 2.05) is 36.4 Å². The summed E-state index contributed by atoms with van der Waals surface area (Å²) >= 11 is 7.10. The summed E-state index contributed by atoms with van der Waals surface area (Å²) in [6.45, 7) is 5.83. The van der Waals surface area contributed by atoms with Crippen LogP contribution in [0.5, 0.6) is 11.5 Å². The molecule has 0 radical (unpaired) electrons. The van der Waals surface area contributed by atoms with Gasteiger partial charge in [0.05, 0.1) is 17.8 Å². The Bertz CT molecular complexity index is 1540. The monoisotopic (exact) mass is 705 g/mol. The third kappa shape index (κ3) is 8.55. The lowest BCUT2D eigenvalue weighted by Gasteiger charge is -2.32. The second-order valence-corrected chi connectivity index (χ2v) is 11.8. The highest BCUT2D eigenvalue weighted by molar-refractivity contribution is 9.11. The number of ether oxygens (including phenoxy) is 2. The Morgan fingerprint density at radius 2 is 1.74 bits per heavy atom. The van der Waals surface area contributed by atoms with Crippen molar-refractivity contribution >= 4 is 61.6 Å². The van der Waals surface area contributed by atoms with Gasteiger partial charge in [0.15, 0.2) is 0 Å². The van der Waals surface area contributed by atoms with E-state index >= 15 is 0 Å². The van der Waals surface area contributed by atoms with E-state index in [9.17, 15) is 0 Å². The van der Waals surface area contributed by atoms with Gasteiger partial charge < -0.3 is 19.7 Å². The Hall–Kier alpha value is -3.96. The van der Waals surface area contributed by atoms with Gasteiger partial charge in [-0.25, -0.2) is 5.43 Å². The van der Waals surface area contributed by atoms with Crippen LogP contribution in [-0.4, -0.2) is 48.0 Å². The smallest absolute Gasteiger partial charge is 0.250 e. The number of hydrogen-bond donors (Lipinski definition) is 2. The van der Waals surface area contributed by atoms with Gasteiger partial charge in [-0.05, 0) is 83.1 Å². The third-order valence-electron chi connectivity index (χ3n) is 6.99. The highest BCUT2D eigenvalue weighted by Crippen LogP contribution is 2.32. The van der Waals surface area contributed by atoms with Crippen molar-refractivity contribution in [3.63, 3.8) is 0 Å². The summed E-state index contributed by atoms with van der Waals surface area (Å²) in [6.07, 6.45) is 6.58. The van der Waals surface area contributed by atoms with Gasteiger partial charge in [-0.2, -0.15) is 20.1 Å². The van der Waals surface area contributed by atoms with E-state index in [1.54, 1.807) is 19.4 Å². The molecular formula is C32H33Br2N7O2. The number of anilines is 4.